The van der Waals surface area contributed by atoms with E-state index in [-0.39, 0.29) is 0 Å². The summed E-state index contributed by atoms with van der Waals surface area (Å²) in [7, 11) is 2.89. The van der Waals surface area contributed by atoms with Crippen LogP contribution in [0, 0.1) is 0 Å². The Morgan fingerprint density at radius 1 is 0.600 bits per heavy atom. The van der Waals surface area contributed by atoms with Gasteiger partial charge in [-0.3, -0.25) is 0 Å². The molecule has 2 bridgehead atoms. The topological polar surface area (TPSA) is 0 Å². The molecule has 2 heteroatoms. The molecule has 0 atom stereocenters. The molecular formula is C18H12P2. The number of hydrogen-bond acceptors (Lipinski definition) is 0. The van der Waals surface area contributed by atoms with Crippen LogP contribution in [0.1, 0.15) is 44.9 Å². The Morgan fingerprint density at radius 2 is 1.15 bits per heavy atom. The second kappa shape index (κ2) is 4.01. The van der Waals surface area contributed by atoms with Gasteiger partial charge in [-0.15, -0.1) is 0 Å². The minimum absolute atomic E-state index is 0.460. The highest BCUT2D eigenvalue weighted by molar-refractivity contribution is 7.90. The normalized spacial score (nSPS) is 21.8. The monoisotopic (exact) mass is 290 g/mol. The lowest BCUT2D eigenvalue weighted by Crippen LogP contribution is -2.26. The Labute approximate surface area is 121 Å². The van der Waals surface area contributed by atoms with Crippen LogP contribution < -0.4 is 0 Å². The van der Waals surface area contributed by atoms with Crippen LogP contribution in [0.2, 0.25) is 0 Å². The third-order valence-corrected chi connectivity index (χ3v) is 7.13. The average molecular weight is 290 g/mol. The molecule has 2 aromatic carbocycles. The van der Waals surface area contributed by atoms with Crippen molar-refractivity contribution in [1.29, 1.82) is 0 Å². The number of rotatable bonds is 0. The van der Waals surface area contributed by atoms with Crippen LogP contribution in [0.25, 0.3) is 0 Å². The van der Waals surface area contributed by atoms with Crippen LogP contribution in [-0.4, -0.2) is 0 Å². The van der Waals surface area contributed by atoms with E-state index in [2.05, 4.69) is 60.4 Å². The molecule has 94 valence electrons. The van der Waals surface area contributed by atoms with E-state index >= 15 is 0 Å². The van der Waals surface area contributed by atoms with Crippen LogP contribution in [0.4, 0.5) is 0 Å². The molecule has 0 fully saturated rings. The molecule has 0 saturated carbocycles. The van der Waals surface area contributed by atoms with Crippen molar-refractivity contribution in [3.63, 3.8) is 0 Å². The summed E-state index contributed by atoms with van der Waals surface area (Å²) in [4.78, 5) is 0. The first-order valence-electron chi connectivity index (χ1n) is 6.94. The molecule has 0 saturated heterocycles. The van der Waals surface area contributed by atoms with E-state index < -0.39 is 0 Å². The van der Waals surface area contributed by atoms with Gasteiger partial charge in [-0.05, 0) is 49.4 Å². The van der Waals surface area contributed by atoms with Crippen LogP contribution in [0.15, 0.2) is 60.4 Å². The molecule has 1 heterocycles. The molecule has 0 amide bonds. The molecule has 3 aliphatic carbocycles. The molecule has 0 spiro atoms. The first-order chi connectivity index (χ1) is 9.95. The number of hydrogen-bond donors (Lipinski definition) is 0. The summed E-state index contributed by atoms with van der Waals surface area (Å²) in [6.07, 6.45) is 0. The summed E-state index contributed by atoms with van der Waals surface area (Å²) in [6.45, 7) is 0. The van der Waals surface area contributed by atoms with Gasteiger partial charge in [0.25, 0.3) is 0 Å². The van der Waals surface area contributed by atoms with Crippen molar-refractivity contribution in [2.75, 3.05) is 0 Å². The number of benzene rings is 2. The summed E-state index contributed by atoms with van der Waals surface area (Å²) in [5, 5.41) is 1.64. The Kier molecular flexibility index (Phi) is 2.25. The first-order valence-corrected chi connectivity index (χ1v) is 9.50. The molecule has 3 aromatic rings. The predicted molar refractivity (Wildman–Crippen MR) is 86.2 cm³/mol. The van der Waals surface area contributed by atoms with Gasteiger partial charge in [0.05, 0.1) is 0 Å². The second-order valence-corrected chi connectivity index (χ2v) is 8.00. The fourth-order valence-electron chi connectivity index (χ4n) is 3.86. The summed E-state index contributed by atoms with van der Waals surface area (Å²) < 4.78 is 0. The van der Waals surface area contributed by atoms with E-state index in [1.54, 1.807) is 10.9 Å². The zero-order valence-corrected chi connectivity index (χ0v) is 12.6. The first kappa shape index (κ1) is 11.2. The van der Waals surface area contributed by atoms with E-state index in [1.807, 2.05) is 0 Å². The molecule has 20 heavy (non-hydrogen) atoms. The highest BCUT2D eigenvalue weighted by Crippen LogP contribution is 2.58. The minimum atomic E-state index is 0.460. The molecule has 3 aliphatic rings. The van der Waals surface area contributed by atoms with Crippen LogP contribution in [0.3, 0.4) is 0 Å². The van der Waals surface area contributed by atoms with Gasteiger partial charge in [-0.2, -0.15) is 0 Å². The van der Waals surface area contributed by atoms with E-state index in [9.17, 15) is 0 Å². The van der Waals surface area contributed by atoms with Gasteiger partial charge in [0.1, 0.15) is 0 Å². The summed E-state index contributed by atoms with van der Waals surface area (Å²) >= 11 is 0. The summed E-state index contributed by atoms with van der Waals surface area (Å²) in [5.41, 5.74) is 7.68. The Hall–Kier alpha value is -1.48. The van der Waals surface area contributed by atoms with Gasteiger partial charge in [0.15, 0.2) is 0 Å². The van der Waals surface area contributed by atoms with Gasteiger partial charge in [0.2, 0.25) is 0 Å². The summed E-state index contributed by atoms with van der Waals surface area (Å²) in [5.74, 6) is 3.26. The standard InChI is InChI=1S/C18H12P2/c1-3-7-13-11(5-1)16-12-6-2-4-8-14(12)17(13)18-15(16)9-10-19-20-18/h1-10,16-17H. The Balaban J connectivity index is 1.93. The lowest BCUT2D eigenvalue weighted by Gasteiger charge is -2.41. The van der Waals surface area contributed by atoms with Crippen molar-refractivity contribution in [3.8, 4) is 0 Å². The molecule has 0 N–H and O–H groups in total. The van der Waals surface area contributed by atoms with Crippen LogP contribution in [-0.2, 0) is 0 Å². The minimum Gasteiger partial charge on any atom is -0.0619 e. The van der Waals surface area contributed by atoms with Gasteiger partial charge in [0, 0.05) is 17.1 Å². The molecular weight excluding hydrogens is 278 g/mol. The zero-order valence-electron chi connectivity index (χ0n) is 10.8. The third kappa shape index (κ3) is 1.29. The lowest BCUT2D eigenvalue weighted by molar-refractivity contribution is 0.769. The van der Waals surface area contributed by atoms with Crippen molar-refractivity contribution in [1.82, 2.24) is 0 Å². The van der Waals surface area contributed by atoms with E-state index in [4.69, 9.17) is 0 Å². The zero-order chi connectivity index (χ0) is 13.1. The van der Waals surface area contributed by atoms with Crippen molar-refractivity contribution in [3.05, 3.63) is 93.5 Å². The fourth-order valence-corrected chi connectivity index (χ4v) is 6.46. The van der Waals surface area contributed by atoms with Gasteiger partial charge in [-0.1, -0.05) is 54.6 Å². The Bertz CT molecular complexity index is 656. The molecule has 0 radical (unpaired) electrons. The maximum absolute atomic E-state index is 2.37. The van der Waals surface area contributed by atoms with Crippen LogP contribution in [0.5, 0.6) is 0 Å². The molecule has 0 unspecified atom stereocenters. The smallest absolute Gasteiger partial charge is 0.0395 e. The lowest BCUT2D eigenvalue weighted by atomic mass is 9.64. The molecule has 0 nitrogen and oxygen atoms in total. The Morgan fingerprint density at radius 3 is 1.75 bits per heavy atom. The van der Waals surface area contributed by atoms with Crippen molar-refractivity contribution < 1.29 is 0 Å². The van der Waals surface area contributed by atoms with E-state index in [0.29, 0.717) is 11.8 Å². The third-order valence-electron chi connectivity index (χ3n) is 4.60. The molecule has 1 aromatic heterocycles. The van der Waals surface area contributed by atoms with Gasteiger partial charge >= 0.3 is 0 Å². The molecule has 0 aliphatic heterocycles. The van der Waals surface area contributed by atoms with Gasteiger partial charge < -0.3 is 0 Å². The fraction of sp³-hybridized carbons (Fsp3) is 0.111. The van der Waals surface area contributed by atoms with E-state index in [0.717, 1.165) is 0 Å². The molecule has 6 rings (SSSR count). The average Bonchev–Trinajstić information content (AvgIpc) is 2.54. The van der Waals surface area contributed by atoms with Crippen molar-refractivity contribution >= 4 is 15.7 Å². The van der Waals surface area contributed by atoms with Crippen molar-refractivity contribution in [2.45, 2.75) is 11.8 Å². The quantitative estimate of drug-likeness (QED) is 0.336. The highest BCUT2D eigenvalue weighted by atomic mass is 31.8. The van der Waals surface area contributed by atoms with E-state index in [1.165, 1.54) is 38.0 Å². The maximum atomic E-state index is 2.37. The highest BCUT2D eigenvalue weighted by Gasteiger charge is 2.40. The second-order valence-electron chi connectivity index (χ2n) is 5.50. The largest absolute Gasteiger partial charge is 0.0619 e. The SMILES string of the molecule is c1ccc2c(c1)C1c3ccccc3C2c2ppccc21. The predicted octanol–water partition coefficient (Wildman–Crippen LogP) is 5.83. The van der Waals surface area contributed by atoms with Crippen LogP contribution >= 0.6 is 15.7 Å². The van der Waals surface area contributed by atoms with Gasteiger partial charge in [-0.25, -0.2) is 0 Å². The maximum Gasteiger partial charge on any atom is 0.0395 e. The summed E-state index contributed by atoms with van der Waals surface area (Å²) in [6, 6.07) is 20.4. The van der Waals surface area contributed by atoms with Crippen molar-refractivity contribution in [2.24, 2.45) is 0 Å².